The van der Waals surface area contributed by atoms with Crippen LogP contribution in [0.3, 0.4) is 0 Å². The monoisotopic (exact) mass is 387 g/mol. The Hall–Kier alpha value is -1.01. The zero-order valence-corrected chi connectivity index (χ0v) is 19.1. The fourth-order valence-corrected chi connectivity index (χ4v) is 3.51. The number of rotatable bonds is 4. The quantitative estimate of drug-likeness (QED) is 0.728. The van der Waals surface area contributed by atoms with E-state index in [0.717, 1.165) is 11.3 Å². The Kier molecular flexibility index (Phi) is 5.24. The van der Waals surface area contributed by atoms with Gasteiger partial charge in [-0.15, -0.1) is 0 Å². The zero-order chi connectivity index (χ0) is 21.1. The molecule has 0 unspecified atom stereocenters. The molecule has 154 valence electrons. The van der Waals surface area contributed by atoms with E-state index >= 15 is 0 Å². The molecule has 2 heterocycles. The summed E-state index contributed by atoms with van der Waals surface area (Å²) < 4.78 is 25.7. The van der Waals surface area contributed by atoms with Crippen LogP contribution in [-0.4, -0.2) is 50.7 Å². The van der Waals surface area contributed by atoms with E-state index in [0.29, 0.717) is 0 Å². The van der Waals surface area contributed by atoms with Gasteiger partial charge < -0.3 is 23.5 Å². The summed E-state index contributed by atoms with van der Waals surface area (Å²) in [5.41, 5.74) is 0.379. The van der Waals surface area contributed by atoms with Gasteiger partial charge in [-0.3, -0.25) is 0 Å². The average Bonchev–Trinajstić information content (AvgIpc) is 2.87. The van der Waals surface area contributed by atoms with E-state index in [1.165, 1.54) is 0 Å². The first-order valence-electron chi connectivity index (χ1n) is 10.2. The molecule has 5 nitrogen and oxygen atoms in total. The summed E-state index contributed by atoms with van der Waals surface area (Å²) in [6.45, 7) is 16.6. The number of hydrogen-bond acceptors (Lipinski definition) is 5. The third-order valence-electron chi connectivity index (χ3n) is 6.92. The van der Waals surface area contributed by atoms with Gasteiger partial charge in [-0.25, -0.2) is 0 Å². The second-order valence-electron chi connectivity index (χ2n) is 10.3. The highest BCUT2D eigenvalue weighted by molar-refractivity contribution is 6.68. The topological polar surface area (TPSA) is 40.2 Å². The molecule has 1 aromatic carbocycles. The Morgan fingerprint density at radius 3 is 1.25 bits per heavy atom. The lowest BCUT2D eigenvalue weighted by atomic mass is 9.49. The molecule has 7 heteroatoms. The molecule has 2 saturated heterocycles. The van der Waals surface area contributed by atoms with Crippen molar-refractivity contribution >= 4 is 19.9 Å². The molecule has 0 aromatic heterocycles. The minimum absolute atomic E-state index is 0.196. The van der Waals surface area contributed by atoms with Gasteiger partial charge in [0.1, 0.15) is 0 Å². The predicted octanol–water partition coefficient (Wildman–Crippen LogP) is 4.10. The van der Waals surface area contributed by atoms with Crippen LogP contribution >= 0.6 is 0 Å². The fraction of sp³-hybridized carbons (Fsp3) is 0.714. The van der Waals surface area contributed by atoms with Crippen LogP contribution in [0.1, 0.15) is 66.7 Å². The summed E-state index contributed by atoms with van der Waals surface area (Å²) in [6, 6.07) is 8.46. The van der Waals surface area contributed by atoms with Gasteiger partial charge >= 0.3 is 14.2 Å². The van der Waals surface area contributed by atoms with Crippen molar-refractivity contribution in [1.29, 1.82) is 0 Å². The van der Waals surface area contributed by atoms with Gasteiger partial charge in [0.25, 0.3) is 0 Å². The fourth-order valence-electron chi connectivity index (χ4n) is 3.51. The Labute approximate surface area is 171 Å². The lowest BCUT2D eigenvalue weighted by molar-refractivity contribution is 0.00578. The van der Waals surface area contributed by atoms with Crippen molar-refractivity contribution in [1.82, 2.24) is 0 Å². The van der Waals surface area contributed by atoms with Crippen LogP contribution in [0.4, 0.5) is 5.69 Å². The lowest BCUT2D eigenvalue weighted by Crippen LogP contribution is -2.41. The maximum absolute atomic E-state index is 6.41. The van der Waals surface area contributed by atoms with Crippen LogP contribution in [0, 0.1) is 0 Å². The molecule has 1 aromatic rings. The highest BCUT2D eigenvalue weighted by Crippen LogP contribution is 2.46. The molecule has 0 aliphatic carbocycles. The molecule has 0 spiro atoms. The van der Waals surface area contributed by atoms with Crippen molar-refractivity contribution in [3.8, 4) is 0 Å². The van der Waals surface area contributed by atoms with Crippen LogP contribution in [-0.2, 0) is 18.6 Å². The summed E-state index contributed by atoms with van der Waals surface area (Å²) >= 11 is 0. The molecule has 2 fully saturated rings. The van der Waals surface area contributed by atoms with Crippen LogP contribution in [0.15, 0.2) is 24.3 Å². The Morgan fingerprint density at radius 1 is 0.643 bits per heavy atom. The average molecular weight is 387 g/mol. The Balaban J connectivity index is 1.98. The summed E-state index contributed by atoms with van der Waals surface area (Å²) in [5.74, 6) is 0. The molecule has 3 rings (SSSR count). The van der Waals surface area contributed by atoms with Crippen molar-refractivity contribution in [3.63, 3.8) is 0 Å². The van der Waals surface area contributed by atoms with Gasteiger partial charge in [0, 0.05) is 19.8 Å². The second-order valence-corrected chi connectivity index (χ2v) is 10.3. The van der Waals surface area contributed by atoms with E-state index < -0.39 is 36.6 Å². The molecule has 0 saturated carbocycles. The first-order chi connectivity index (χ1) is 12.7. The first kappa shape index (κ1) is 21.7. The Morgan fingerprint density at radius 2 is 0.964 bits per heavy atom. The maximum atomic E-state index is 6.41. The van der Waals surface area contributed by atoms with Gasteiger partial charge in [0.2, 0.25) is 0 Å². The largest absolute Gasteiger partial charge is 0.463 e. The molecular weight excluding hydrogens is 352 g/mol. The van der Waals surface area contributed by atoms with Crippen LogP contribution in [0.2, 0.25) is 0 Å². The van der Waals surface area contributed by atoms with Gasteiger partial charge in [0.15, 0.2) is 0 Å². The van der Waals surface area contributed by atoms with Crippen LogP contribution in [0.5, 0.6) is 0 Å². The van der Waals surface area contributed by atoms with Crippen molar-refractivity contribution in [2.75, 3.05) is 19.0 Å². The molecule has 28 heavy (non-hydrogen) atoms. The van der Waals surface area contributed by atoms with Gasteiger partial charge in [0.05, 0.1) is 28.1 Å². The minimum atomic E-state index is -0.454. The molecular formula is C21H35B2NO4. The zero-order valence-electron chi connectivity index (χ0n) is 19.1. The predicted molar refractivity (Wildman–Crippen MR) is 116 cm³/mol. The number of anilines is 1. The number of benzene rings is 1. The smallest absolute Gasteiger partial charge is 0.403 e. The van der Waals surface area contributed by atoms with Gasteiger partial charge in [-0.2, -0.15) is 0 Å². The number of nitrogens with zero attached hydrogens (tertiary/aromatic N) is 1. The molecule has 0 amide bonds. The van der Waals surface area contributed by atoms with E-state index in [-0.39, 0.29) is 5.72 Å². The summed E-state index contributed by atoms with van der Waals surface area (Å²) in [7, 11) is 3.17. The van der Waals surface area contributed by atoms with Gasteiger partial charge in [-0.05, 0) is 73.1 Å². The van der Waals surface area contributed by atoms with Gasteiger partial charge in [-0.1, -0.05) is 12.1 Å². The van der Waals surface area contributed by atoms with Crippen LogP contribution in [0.25, 0.3) is 0 Å². The highest BCUT2D eigenvalue weighted by Gasteiger charge is 2.62. The van der Waals surface area contributed by atoms with Crippen LogP contribution < -0.4 is 4.90 Å². The molecule has 2 aliphatic heterocycles. The van der Waals surface area contributed by atoms with Crippen molar-refractivity contribution in [3.05, 3.63) is 29.8 Å². The second kappa shape index (κ2) is 6.76. The summed E-state index contributed by atoms with van der Waals surface area (Å²) in [6.07, 6.45) is 0. The minimum Gasteiger partial charge on any atom is -0.403 e. The first-order valence-corrected chi connectivity index (χ1v) is 10.2. The molecule has 0 N–H and O–H groups in total. The molecule has 0 radical (unpaired) electrons. The third-order valence-corrected chi connectivity index (χ3v) is 6.92. The SMILES string of the molecule is CN(C)c1ccc(C(B2OC(C)(C)C(C)(C)O2)B2OC(C)(C)C(C)(C)O2)cc1. The lowest BCUT2D eigenvalue weighted by Gasteiger charge is -2.32. The standard InChI is InChI=1S/C21H35B2NO4/c1-18(2)19(3,4)26-22(25-18)17(15-11-13-16(14-12-15)24(9)10)23-27-20(5,6)21(7,8)28-23/h11-14,17H,1-10H3. The van der Waals surface area contributed by atoms with E-state index in [4.69, 9.17) is 18.6 Å². The van der Waals surface area contributed by atoms with Crippen molar-refractivity contribution in [2.24, 2.45) is 0 Å². The van der Waals surface area contributed by atoms with Crippen molar-refractivity contribution in [2.45, 2.75) is 83.5 Å². The summed E-state index contributed by atoms with van der Waals surface area (Å²) in [5, 5.41) is 0. The molecule has 0 bridgehead atoms. The maximum Gasteiger partial charge on any atom is 0.463 e. The number of hydrogen-bond donors (Lipinski definition) is 0. The molecule has 2 aliphatic rings. The van der Waals surface area contributed by atoms with Crippen molar-refractivity contribution < 1.29 is 18.6 Å². The van der Waals surface area contributed by atoms with E-state index in [9.17, 15) is 0 Å². The van der Waals surface area contributed by atoms with E-state index in [1.54, 1.807) is 0 Å². The normalized spacial score (nSPS) is 24.8. The van der Waals surface area contributed by atoms with E-state index in [2.05, 4.69) is 84.6 Å². The Bertz CT molecular complexity index is 648. The summed E-state index contributed by atoms with van der Waals surface area (Å²) in [4.78, 5) is 2.09. The van der Waals surface area contributed by atoms with E-state index in [1.807, 2.05) is 14.1 Å². The third kappa shape index (κ3) is 3.62. The highest BCUT2D eigenvalue weighted by atomic mass is 16.7. The molecule has 0 atom stereocenters.